The average Bonchev–Trinajstić information content (AvgIpc) is 3.21. The Balaban J connectivity index is 1.12. The molecule has 7 aromatic carbocycles. The summed E-state index contributed by atoms with van der Waals surface area (Å²) in [6, 6.07) is 65.6. The van der Waals surface area contributed by atoms with Crippen molar-refractivity contribution < 1.29 is 0 Å². The van der Waals surface area contributed by atoms with Crippen molar-refractivity contribution in [2.75, 3.05) is 0 Å². The van der Waals surface area contributed by atoms with Gasteiger partial charge in [-0.3, -0.25) is 0 Å². The van der Waals surface area contributed by atoms with E-state index in [0.717, 1.165) is 83.5 Å². The molecule has 0 amide bonds. The van der Waals surface area contributed by atoms with Crippen molar-refractivity contribution in [1.82, 2.24) is 15.0 Å². The van der Waals surface area contributed by atoms with Gasteiger partial charge in [0.1, 0.15) is 0 Å². The van der Waals surface area contributed by atoms with E-state index >= 15 is 0 Å². The molecule has 0 fully saturated rings. The van der Waals surface area contributed by atoms with Gasteiger partial charge in [-0.2, -0.15) is 0 Å². The largest absolute Gasteiger partial charge is 0.248 e. The van der Waals surface area contributed by atoms with Crippen molar-refractivity contribution in [3.63, 3.8) is 0 Å². The molecule has 3 heteroatoms. The summed E-state index contributed by atoms with van der Waals surface area (Å²) in [7, 11) is 0. The van der Waals surface area contributed by atoms with Gasteiger partial charge in [0.05, 0.1) is 22.6 Å². The molecule has 0 unspecified atom stereocenters. The zero-order valence-corrected chi connectivity index (χ0v) is 27.2. The molecule has 0 aliphatic carbocycles. The summed E-state index contributed by atoms with van der Waals surface area (Å²) in [5.74, 6) is 0.722. The van der Waals surface area contributed by atoms with Crippen LogP contribution < -0.4 is 0 Å². The number of rotatable bonds is 6. The van der Waals surface area contributed by atoms with Crippen molar-refractivity contribution in [2.24, 2.45) is 0 Å². The molecule has 50 heavy (non-hydrogen) atoms. The van der Waals surface area contributed by atoms with Gasteiger partial charge in [0.2, 0.25) is 0 Å². The Morgan fingerprint density at radius 2 is 0.820 bits per heavy atom. The van der Waals surface area contributed by atoms with Crippen LogP contribution in [0.15, 0.2) is 188 Å². The lowest BCUT2D eigenvalue weighted by Crippen LogP contribution is -1.96. The normalized spacial score (nSPS) is 11.2. The summed E-state index contributed by atoms with van der Waals surface area (Å²) >= 11 is 0. The standard InChI is InChI=1S/C47H31N3/c1-4-13-32(14-5-1)40-30-43(35-16-6-2-7-17-35)48-44(31-40)36-25-23-33(24-26-36)38-20-12-21-39(29-38)45-42-28-27-34-15-10-11-22-41(34)46(42)50-47(49-45)37-18-8-3-9-19-37/h1-31H. The van der Waals surface area contributed by atoms with Crippen molar-refractivity contribution >= 4 is 21.7 Å². The van der Waals surface area contributed by atoms with E-state index in [-0.39, 0.29) is 0 Å². The minimum absolute atomic E-state index is 0.722. The van der Waals surface area contributed by atoms with Gasteiger partial charge in [0.15, 0.2) is 5.82 Å². The third kappa shape index (κ3) is 5.61. The van der Waals surface area contributed by atoms with Gasteiger partial charge in [-0.25, -0.2) is 15.0 Å². The number of fused-ring (bicyclic) bond motifs is 3. The second-order valence-corrected chi connectivity index (χ2v) is 12.5. The van der Waals surface area contributed by atoms with Crippen LogP contribution >= 0.6 is 0 Å². The Morgan fingerprint density at radius 1 is 0.280 bits per heavy atom. The molecule has 0 saturated heterocycles. The third-order valence-corrected chi connectivity index (χ3v) is 9.28. The van der Waals surface area contributed by atoms with E-state index in [1.807, 2.05) is 24.3 Å². The maximum Gasteiger partial charge on any atom is 0.160 e. The van der Waals surface area contributed by atoms with Gasteiger partial charge in [0, 0.05) is 33.0 Å². The fourth-order valence-electron chi connectivity index (χ4n) is 6.71. The molecule has 2 aromatic heterocycles. The highest BCUT2D eigenvalue weighted by atomic mass is 14.9. The van der Waals surface area contributed by atoms with Crippen LogP contribution in [-0.4, -0.2) is 15.0 Å². The number of pyridine rings is 1. The topological polar surface area (TPSA) is 38.7 Å². The van der Waals surface area contributed by atoms with Gasteiger partial charge in [-0.05, 0) is 51.9 Å². The van der Waals surface area contributed by atoms with Crippen LogP contribution in [0.5, 0.6) is 0 Å². The molecular formula is C47H31N3. The van der Waals surface area contributed by atoms with E-state index in [4.69, 9.17) is 15.0 Å². The highest BCUT2D eigenvalue weighted by Crippen LogP contribution is 2.36. The zero-order valence-electron chi connectivity index (χ0n) is 27.2. The molecule has 2 heterocycles. The molecule has 0 aliphatic rings. The molecule has 0 saturated carbocycles. The molecular weight excluding hydrogens is 607 g/mol. The third-order valence-electron chi connectivity index (χ3n) is 9.28. The van der Waals surface area contributed by atoms with E-state index in [1.54, 1.807) is 0 Å². The molecule has 0 bridgehead atoms. The molecule has 3 nitrogen and oxygen atoms in total. The number of hydrogen-bond acceptors (Lipinski definition) is 3. The van der Waals surface area contributed by atoms with Crippen LogP contribution in [0.25, 0.3) is 89.1 Å². The molecule has 0 aliphatic heterocycles. The fourth-order valence-corrected chi connectivity index (χ4v) is 6.71. The van der Waals surface area contributed by atoms with Crippen LogP contribution in [0.1, 0.15) is 0 Å². The minimum atomic E-state index is 0.722. The highest BCUT2D eigenvalue weighted by Gasteiger charge is 2.15. The Morgan fingerprint density at radius 3 is 1.54 bits per heavy atom. The first kappa shape index (κ1) is 29.4. The fraction of sp³-hybridized carbons (Fsp3) is 0. The number of benzene rings is 7. The highest BCUT2D eigenvalue weighted by molar-refractivity contribution is 6.09. The lowest BCUT2D eigenvalue weighted by atomic mass is 9.96. The number of hydrogen-bond donors (Lipinski definition) is 0. The van der Waals surface area contributed by atoms with Gasteiger partial charge >= 0.3 is 0 Å². The smallest absolute Gasteiger partial charge is 0.160 e. The molecule has 0 N–H and O–H groups in total. The summed E-state index contributed by atoms with van der Waals surface area (Å²) in [5.41, 5.74) is 12.6. The van der Waals surface area contributed by atoms with Crippen LogP contribution in [0.2, 0.25) is 0 Å². The Bertz CT molecular complexity index is 2560. The van der Waals surface area contributed by atoms with E-state index in [9.17, 15) is 0 Å². The first-order chi connectivity index (χ1) is 24.8. The van der Waals surface area contributed by atoms with E-state index in [2.05, 4.69) is 164 Å². The van der Waals surface area contributed by atoms with Crippen LogP contribution in [0.3, 0.4) is 0 Å². The van der Waals surface area contributed by atoms with E-state index < -0.39 is 0 Å². The summed E-state index contributed by atoms with van der Waals surface area (Å²) in [6.07, 6.45) is 0. The minimum Gasteiger partial charge on any atom is -0.248 e. The maximum atomic E-state index is 5.18. The first-order valence-corrected chi connectivity index (χ1v) is 16.9. The number of nitrogens with zero attached hydrogens (tertiary/aromatic N) is 3. The van der Waals surface area contributed by atoms with Crippen LogP contribution in [0, 0.1) is 0 Å². The molecule has 0 spiro atoms. The molecule has 0 atom stereocenters. The van der Waals surface area contributed by atoms with Gasteiger partial charge in [-0.1, -0.05) is 164 Å². The van der Waals surface area contributed by atoms with Crippen molar-refractivity contribution in [3.05, 3.63) is 188 Å². The van der Waals surface area contributed by atoms with Gasteiger partial charge in [0.25, 0.3) is 0 Å². The quantitative estimate of drug-likeness (QED) is 0.170. The molecule has 9 aromatic rings. The van der Waals surface area contributed by atoms with E-state index in [1.165, 1.54) is 5.56 Å². The predicted octanol–water partition coefficient (Wildman–Crippen LogP) is 12.2. The predicted molar refractivity (Wildman–Crippen MR) is 207 cm³/mol. The van der Waals surface area contributed by atoms with Gasteiger partial charge in [-0.15, -0.1) is 0 Å². The van der Waals surface area contributed by atoms with Crippen molar-refractivity contribution in [1.29, 1.82) is 0 Å². The second kappa shape index (κ2) is 12.7. The molecule has 9 rings (SSSR count). The Kier molecular flexibility index (Phi) is 7.49. The molecule has 0 radical (unpaired) electrons. The van der Waals surface area contributed by atoms with E-state index in [0.29, 0.717) is 0 Å². The summed E-state index contributed by atoms with van der Waals surface area (Å²) < 4.78 is 0. The SMILES string of the molecule is c1ccc(-c2cc(-c3ccccc3)nc(-c3ccc(-c4cccc(-c5nc(-c6ccccc6)nc6c5ccc5ccccc56)c4)cc3)c2)cc1. The summed E-state index contributed by atoms with van der Waals surface area (Å²) in [5, 5.41) is 3.32. The zero-order chi connectivity index (χ0) is 33.3. The maximum absolute atomic E-state index is 5.18. The van der Waals surface area contributed by atoms with Crippen LogP contribution in [-0.2, 0) is 0 Å². The Labute approximate surface area is 291 Å². The Hall–Kier alpha value is -6.71. The number of aromatic nitrogens is 3. The van der Waals surface area contributed by atoms with Gasteiger partial charge < -0.3 is 0 Å². The summed E-state index contributed by atoms with van der Waals surface area (Å²) in [6.45, 7) is 0. The van der Waals surface area contributed by atoms with Crippen molar-refractivity contribution in [2.45, 2.75) is 0 Å². The summed E-state index contributed by atoms with van der Waals surface area (Å²) in [4.78, 5) is 15.4. The first-order valence-electron chi connectivity index (χ1n) is 16.9. The van der Waals surface area contributed by atoms with Crippen molar-refractivity contribution in [3.8, 4) is 67.4 Å². The lowest BCUT2D eigenvalue weighted by Gasteiger charge is -2.13. The second-order valence-electron chi connectivity index (χ2n) is 12.5. The average molecular weight is 638 g/mol. The van der Waals surface area contributed by atoms with Crippen LogP contribution in [0.4, 0.5) is 0 Å². The molecule has 234 valence electrons. The lowest BCUT2D eigenvalue weighted by molar-refractivity contribution is 1.23. The monoisotopic (exact) mass is 637 g/mol.